The van der Waals surface area contributed by atoms with Gasteiger partial charge in [-0.05, 0) is 34.2 Å². The van der Waals surface area contributed by atoms with Gasteiger partial charge in [-0.3, -0.25) is 19.6 Å². The summed E-state index contributed by atoms with van der Waals surface area (Å²) in [5, 5.41) is 14.1. The minimum atomic E-state index is -0.806. The zero-order chi connectivity index (χ0) is 26.1. The molecular formula is C29H35N3O4. The first kappa shape index (κ1) is 26.9. The molecule has 3 rings (SSSR count). The van der Waals surface area contributed by atoms with Crippen molar-refractivity contribution < 1.29 is 19.6 Å². The molecule has 3 aromatic rings. The van der Waals surface area contributed by atoms with Gasteiger partial charge in [0.15, 0.2) is 0 Å². The van der Waals surface area contributed by atoms with Crippen molar-refractivity contribution in [1.29, 1.82) is 0 Å². The standard InChI is InChI=1S/C29H35N3O4/c1-20(2)15-25(18-27(33)31-36)28(34)30-26(29(35)32(3)19-21-9-5-4-6-10-21)17-22-13-14-23-11-7-8-12-24(23)16-22/h4-14,16,20,25-26,36H,15,17-19H2,1-3H3,(H,30,34)(H,31,33)/t25-,26-/m0/s1. The minimum Gasteiger partial charge on any atom is -0.344 e. The van der Waals surface area contributed by atoms with Crippen molar-refractivity contribution in [2.24, 2.45) is 11.8 Å². The van der Waals surface area contributed by atoms with Gasteiger partial charge in [-0.25, -0.2) is 5.48 Å². The molecule has 2 atom stereocenters. The van der Waals surface area contributed by atoms with Gasteiger partial charge in [0, 0.05) is 32.4 Å². The molecule has 0 aliphatic heterocycles. The van der Waals surface area contributed by atoms with Crippen LogP contribution in [0.25, 0.3) is 10.8 Å². The number of rotatable bonds is 11. The summed E-state index contributed by atoms with van der Waals surface area (Å²) in [5.74, 6) is -1.73. The van der Waals surface area contributed by atoms with Gasteiger partial charge >= 0.3 is 0 Å². The number of benzene rings is 3. The second kappa shape index (κ2) is 12.8. The fourth-order valence-corrected chi connectivity index (χ4v) is 4.41. The summed E-state index contributed by atoms with van der Waals surface area (Å²) in [4.78, 5) is 40.3. The predicted octanol–water partition coefficient (Wildman–Crippen LogP) is 4.08. The Balaban J connectivity index is 1.84. The van der Waals surface area contributed by atoms with Crippen LogP contribution in [0.5, 0.6) is 0 Å². The molecule has 0 saturated carbocycles. The molecule has 0 fully saturated rings. The maximum Gasteiger partial charge on any atom is 0.245 e. The molecule has 3 aromatic carbocycles. The third-order valence-electron chi connectivity index (χ3n) is 6.19. The number of nitrogens with zero attached hydrogens (tertiary/aromatic N) is 1. The topological polar surface area (TPSA) is 98.7 Å². The van der Waals surface area contributed by atoms with Crippen molar-refractivity contribution in [3.05, 3.63) is 83.9 Å². The molecule has 3 amide bonds. The van der Waals surface area contributed by atoms with E-state index in [9.17, 15) is 14.4 Å². The van der Waals surface area contributed by atoms with Crippen LogP contribution in [0, 0.1) is 11.8 Å². The maximum absolute atomic E-state index is 13.6. The molecule has 0 spiro atoms. The van der Waals surface area contributed by atoms with Gasteiger partial charge in [0.25, 0.3) is 0 Å². The first-order valence-electron chi connectivity index (χ1n) is 12.3. The number of nitrogens with one attached hydrogen (secondary N) is 2. The molecule has 7 nitrogen and oxygen atoms in total. The van der Waals surface area contributed by atoms with E-state index in [-0.39, 0.29) is 24.2 Å². The third kappa shape index (κ3) is 7.65. The third-order valence-corrected chi connectivity index (χ3v) is 6.19. The van der Waals surface area contributed by atoms with Crippen LogP contribution in [0.1, 0.15) is 37.8 Å². The Hall–Kier alpha value is -3.71. The lowest BCUT2D eigenvalue weighted by Crippen LogP contribution is -2.50. The van der Waals surface area contributed by atoms with Crippen LogP contribution in [-0.4, -0.2) is 40.9 Å². The Morgan fingerprint density at radius 2 is 1.56 bits per heavy atom. The molecule has 0 heterocycles. The summed E-state index contributed by atoms with van der Waals surface area (Å²) in [5.41, 5.74) is 3.52. The number of hydrogen-bond donors (Lipinski definition) is 3. The minimum absolute atomic E-state index is 0.155. The summed E-state index contributed by atoms with van der Waals surface area (Å²) < 4.78 is 0. The molecule has 7 heteroatoms. The Morgan fingerprint density at radius 1 is 0.889 bits per heavy atom. The normalized spacial score (nSPS) is 12.7. The zero-order valence-electron chi connectivity index (χ0n) is 21.1. The maximum atomic E-state index is 13.6. The highest BCUT2D eigenvalue weighted by molar-refractivity contribution is 5.91. The van der Waals surface area contributed by atoms with Crippen molar-refractivity contribution in [3.8, 4) is 0 Å². The number of fused-ring (bicyclic) bond motifs is 1. The van der Waals surface area contributed by atoms with Crippen molar-refractivity contribution >= 4 is 28.5 Å². The largest absolute Gasteiger partial charge is 0.344 e. The highest BCUT2D eigenvalue weighted by Gasteiger charge is 2.29. The van der Waals surface area contributed by atoms with Crippen molar-refractivity contribution in [1.82, 2.24) is 15.7 Å². The second-order valence-electron chi connectivity index (χ2n) is 9.69. The Bertz CT molecular complexity index is 1180. The number of amides is 3. The lowest BCUT2D eigenvalue weighted by molar-refractivity contribution is -0.138. The zero-order valence-corrected chi connectivity index (χ0v) is 21.1. The molecule has 0 aliphatic carbocycles. The highest BCUT2D eigenvalue weighted by atomic mass is 16.5. The van der Waals surface area contributed by atoms with Crippen LogP contribution in [0.15, 0.2) is 72.8 Å². The smallest absolute Gasteiger partial charge is 0.245 e. The predicted molar refractivity (Wildman–Crippen MR) is 140 cm³/mol. The van der Waals surface area contributed by atoms with Crippen LogP contribution >= 0.6 is 0 Å². The molecule has 3 N–H and O–H groups in total. The Labute approximate surface area is 212 Å². The summed E-state index contributed by atoms with van der Waals surface area (Å²) in [6, 6.07) is 22.9. The lowest BCUT2D eigenvalue weighted by atomic mass is 9.92. The van der Waals surface area contributed by atoms with Crippen LogP contribution in [-0.2, 0) is 27.3 Å². The Morgan fingerprint density at radius 3 is 2.22 bits per heavy atom. The molecule has 190 valence electrons. The van der Waals surface area contributed by atoms with Crippen molar-refractivity contribution in [2.45, 2.75) is 45.7 Å². The van der Waals surface area contributed by atoms with Crippen LogP contribution in [0.2, 0.25) is 0 Å². The lowest BCUT2D eigenvalue weighted by Gasteiger charge is -2.27. The number of hydroxylamine groups is 1. The van der Waals surface area contributed by atoms with Crippen molar-refractivity contribution in [3.63, 3.8) is 0 Å². The quantitative estimate of drug-likeness (QED) is 0.279. The van der Waals surface area contributed by atoms with Gasteiger partial charge in [-0.15, -0.1) is 0 Å². The number of likely N-dealkylation sites (N-methyl/N-ethyl adjacent to an activating group) is 1. The summed E-state index contributed by atoms with van der Waals surface area (Å²) in [7, 11) is 1.72. The summed E-state index contributed by atoms with van der Waals surface area (Å²) in [6.45, 7) is 4.33. The number of carbonyl (C=O) groups is 3. The monoisotopic (exact) mass is 489 g/mol. The van der Waals surface area contributed by atoms with Gasteiger partial charge < -0.3 is 10.2 Å². The summed E-state index contributed by atoms with van der Waals surface area (Å²) >= 11 is 0. The highest BCUT2D eigenvalue weighted by Crippen LogP contribution is 2.20. The fraction of sp³-hybridized carbons (Fsp3) is 0.345. The van der Waals surface area contributed by atoms with E-state index in [2.05, 4.69) is 5.32 Å². The molecule has 0 saturated heterocycles. The van der Waals surface area contributed by atoms with E-state index in [0.29, 0.717) is 19.4 Å². The van der Waals surface area contributed by atoms with Gasteiger partial charge in [0.05, 0.1) is 0 Å². The van der Waals surface area contributed by atoms with E-state index in [0.717, 1.165) is 21.9 Å². The van der Waals surface area contributed by atoms with E-state index in [4.69, 9.17) is 5.21 Å². The van der Waals surface area contributed by atoms with Gasteiger partial charge in [0.2, 0.25) is 17.7 Å². The molecule has 0 bridgehead atoms. The van der Waals surface area contributed by atoms with E-state index in [1.54, 1.807) is 17.4 Å². The molecule has 0 unspecified atom stereocenters. The van der Waals surface area contributed by atoms with E-state index in [1.807, 2.05) is 86.6 Å². The van der Waals surface area contributed by atoms with E-state index >= 15 is 0 Å². The first-order chi connectivity index (χ1) is 17.3. The fourth-order valence-electron chi connectivity index (χ4n) is 4.41. The molecule has 0 aromatic heterocycles. The molecular weight excluding hydrogens is 454 g/mol. The first-order valence-corrected chi connectivity index (χ1v) is 12.3. The average Bonchev–Trinajstić information content (AvgIpc) is 2.87. The number of hydrogen-bond acceptors (Lipinski definition) is 4. The van der Waals surface area contributed by atoms with Gasteiger partial charge in [-0.2, -0.15) is 0 Å². The van der Waals surface area contributed by atoms with Crippen LogP contribution < -0.4 is 10.8 Å². The van der Waals surface area contributed by atoms with Crippen molar-refractivity contribution in [2.75, 3.05) is 7.05 Å². The van der Waals surface area contributed by atoms with Crippen LogP contribution in [0.4, 0.5) is 0 Å². The molecule has 0 aliphatic rings. The Kier molecular flexibility index (Phi) is 9.59. The SMILES string of the molecule is CC(C)C[C@@H](CC(=O)NO)C(=O)N[C@@H](Cc1ccc2ccccc2c1)C(=O)N(C)Cc1ccccc1. The molecule has 36 heavy (non-hydrogen) atoms. The van der Waals surface area contributed by atoms with Gasteiger partial charge in [-0.1, -0.05) is 86.6 Å². The van der Waals surface area contributed by atoms with E-state index in [1.165, 1.54) is 0 Å². The number of carbonyl (C=O) groups excluding carboxylic acids is 3. The van der Waals surface area contributed by atoms with E-state index < -0.39 is 17.9 Å². The van der Waals surface area contributed by atoms with Crippen LogP contribution in [0.3, 0.4) is 0 Å². The average molecular weight is 490 g/mol. The summed E-state index contributed by atoms with van der Waals surface area (Å²) in [6.07, 6.45) is 0.613. The molecule has 0 radical (unpaired) electrons. The van der Waals surface area contributed by atoms with Gasteiger partial charge in [0.1, 0.15) is 6.04 Å². The second-order valence-corrected chi connectivity index (χ2v) is 9.69.